The van der Waals surface area contributed by atoms with E-state index >= 15 is 0 Å². The molecule has 0 saturated carbocycles. The molecule has 2 atom stereocenters. The molecule has 0 aliphatic carbocycles. The third-order valence-electron chi connectivity index (χ3n) is 1.55. The molecule has 0 spiro atoms. The first-order chi connectivity index (χ1) is 8.36. The lowest BCUT2D eigenvalue weighted by Crippen LogP contribution is -2.37. The number of hydrazine groups is 1. The van der Waals surface area contributed by atoms with E-state index in [1.54, 1.807) is 0 Å². The summed E-state index contributed by atoms with van der Waals surface area (Å²) in [6, 6.07) is 0. The fraction of sp³-hybridized carbons (Fsp3) is 0.429. The summed E-state index contributed by atoms with van der Waals surface area (Å²) in [7, 11) is -5.12. The van der Waals surface area contributed by atoms with Crippen molar-refractivity contribution in [1.29, 1.82) is 0 Å². The number of carbonyl (C=O) groups is 2. The van der Waals surface area contributed by atoms with Crippen molar-refractivity contribution in [3.8, 4) is 12.3 Å². The Balaban J connectivity index is 2.53. The molecule has 1 fully saturated rings. The smallest absolute Gasteiger partial charge is 0.426 e. The number of nitrogens with zero attached hydrogens (tertiary/aromatic N) is 1. The molecule has 1 saturated heterocycles. The van der Waals surface area contributed by atoms with Crippen molar-refractivity contribution in [1.82, 2.24) is 4.78 Å². The van der Waals surface area contributed by atoms with Crippen LogP contribution in [0.4, 0.5) is 13.8 Å². The van der Waals surface area contributed by atoms with Gasteiger partial charge in [0.1, 0.15) is 6.61 Å². The fourth-order valence-electron chi connectivity index (χ4n) is 0.813. The van der Waals surface area contributed by atoms with Crippen molar-refractivity contribution in [2.45, 2.75) is 6.29 Å². The summed E-state index contributed by atoms with van der Waals surface area (Å²) in [6.45, 7) is -1.05. The van der Waals surface area contributed by atoms with Crippen LogP contribution in [0.3, 0.4) is 0 Å². The van der Waals surface area contributed by atoms with E-state index in [-0.39, 0.29) is 6.61 Å². The quantitative estimate of drug-likeness (QED) is 0.198. The molecule has 1 aliphatic rings. The number of terminal acetylenes is 1. The van der Waals surface area contributed by atoms with Crippen molar-refractivity contribution < 1.29 is 37.1 Å². The van der Waals surface area contributed by atoms with Crippen LogP contribution in [0.1, 0.15) is 0 Å². The molecule has 9 nitrogen and oxygen atoms in total. The molecule has 1 amide bonds. The monoisotopic (exact) mass is 282 g/mol. The molecule has 0 bridgehead atoms. The molecule has 0 aromatic rings. The molecule has 0 aromatic carbocycles. The standard InChI is InChI=1S/C7H8FN2O7P/c1-2-3-15-18(8,13)10(9)6(11)16-5-4-14-7(12)17-5/h1,5H,3-4,9H2. The highest BCUT2D eigenvalue weighted by molar-refractivity contribution is 7.51. The zero-order chi connectivity index (χ0) is 13.8. The third-order valence-corrected chi connectivity index (χ3v) is 2.67. The highest BCUT2D eigenvalue weighted by Crippen LogP contribution is 2.50. The zero-order valence-electron chi connectivity index (χ0n) is 8.78. The summed E-state index contributed by atoms with van der Waals surface area (Å²) in [4.78, 5) is 21.7. The number of amides is 1. The number of hydrogen-bond donors (Lipinski definition) is 1. The number of carbonyl (C=O) groups excluding carboxylic acids is 2. The van der Waals surface area contributed by atoms with Gasteiger partial charge >= 0.3 is 20.1 Å². The van der Waals surface area contributed by atoms with Crippen molar-refractivity contribution >= 4 is 20.1 Å². The lowest BCUT2D eigenvalue weighted by molar-refractivity contribution is -0.0389. The predicted octanol–water partition coefficient (Wildman–Crippen LogP) is 0.519. The molecule has 0 aromatic heterocycles. The fourth-order valence-corrected chi connectivity index (χ4v) is 1.41. The van der Waals surface area contributed by atoms with Gasteiger partial charge < -0.3 is 14.2 Å². The lowest BCUT2D eigenvalue weighted by atomic mass is 10.7. The first-order valence-electron chi connectivity index (χ1n) is 4.34. The molecule has 0 radical (unpaired) electrons. The van der Waals surface area contributed by atoms with E-state index in [0.717, 1.165) is 0 Å². The molecule has 2 unspecified atom stereocenters. The van der Waals surface area contributed by atoms with Crippen LogP contribution in [-0.2, 0) is 23.3 Å². The topological polar surface area (TPSA) is 117 Å². The summed E-state index contributed by atoms with van der Waals surface area (Å²) in [6.07, 6.45) is 0.713. The third kappa shape index (κ3) is 3.59. The summed E-state index contributed by atoms with van der Waals surface area (Å²) in [5.41, 5.74) is 0. The van der Waals surface area contributed by atoms with Crippen molar-refractivity contribution in [3.63, 3.8) is 0 Å². The minimum absolute atomic E-state index is 0.389. The number of halogens is 1. The Labute approximate surface area is 100 Å². The minimum atomic E-state index is -5.12. The van der Waals surface area contributed by atoms with Gasteiger partial charge in [0.05, 0.1) is 0 Å². The van der Waals surface area contributed by atoms with Gasteiger partial charge in [-0.15, -0.1) is 15.4 Å². The Hall–Kier alpha value is -1.82. The highest BCUT2D eigenvalue weighted by atomic mass is 31.2. The molecule has 1 aliphatic heterocycles. The molecule has 18 heavy (non-hydrogen) atoms. The maximum atomic E-state index is 13.3. The average Bonchev–Trinajstić information content (AvgIpc) is 2.71. The molecule has 1 heterocycles. The van der Waals surface area contributed by atoms with Gasteiger partial charge in [0.15, 0.2) is 6.61 Å². The lowest BCUT2D eigenvalue weighted by Gasteiger charge is -2.19. The first-order valence-corrected chi connectivity index (χ1v) is 5.80. The zero-order valence-corrected chi connectivity index (χ0v) is 9.67. The second-order valence-corrected chi connectivity index (χ2v) is 4.36. The molecular formula is C7H8FN2O7P. The van der Waals surface area contributed by atoms with Crippen molar-refractivity contribution in [2.75, 3.05) is 13.2 Å². The molecular weight excluding hydrogens is 274 g/mol. The predicted molar refractivity (Wildman–Crippen MR) is 52.2 cm³/mol. The summed E-state index contributed by atoms with van der Waals surface area (Å²) >= 11 is 0. The number of nitrogens with two attached hydrogens (primary N) is 1. The Kier molecular flexibility index (Phi) is 4.49. The van der Waals surface area contributed by atoms with Gasteiger partial charge in [-0.3, -0.25) is 4.52 Å². The van der Waals surface area contributed by atoms with Crippen molar-refractivity contribution in [3.05, 3.63) is 0 Å². The van der Waals surface area contributed by atoms with Gasteiger partial charge in [-0.25, -0.2) is 20.0 Å². The summed E-state index contributed by atoms with van der Waals surface area (Å²) in [5, 5.41) is 0. The van der Waals surface area contributed by atoms with E-state index in [1.165, 1.54) is 0 Å². The van der Waals surface area contributed by atoms with E-state index in [0.29, 0.717) is 0 Å². The van der Waals surface area contributed by atoms with E-state index in [2.05, 4.69) is 18.7 Å². The van der Waals surface area contributed by atoms with E-state index in [1.807, 2.05) is 5.92 Å². The van der Waals surface area contributed by atoms with Crippen LogP contribution in [0.2, 0.25) is 0 Å². The van der Waals surface area contributed by atoms with Gasteiger partial charge in [0.25, 0.3) is 6.29 Å². The SMILES string of the molecule is C#CCOP(=O)(F)N(N)C(=O)OC1COC(=O)O1. The van der Waals surface area contributed by atoms with Crippen LogP contribution < -0.4 is 5.84 Å². The largest absolute Gasteiger partial charge is 0.511 e. The summed E-state index contributed by atoms with van der Waals surface area (Å²) < 4.78 is 41.0. The van der Waals surface area contributed by atoms with Gasteiger partial charge in [0, 0.05) is 0 Å². The van der Waals surface area contributed by atoms with Crippen LogP contribution >= 0.6 is 7.83 Å². The van der Waals surface area contributed by atoms with E-state index in [9.17, 15) is 18.4 Å². The maximum absolute atomic E-state index is 13.3. The first kappa shape index (κ1) is 14.2. The summed E-state index contributed by atoms with van der Waals surface area (Å²) in [5.74, 6) is 6.73. The molecule has 1 rings (SSSR count). The van der Waals surface area contributed by atoms with Crippen molar-refractivity contribution in [2.24, 2.45) is 5.84 Å². The molecule has 2 N–H and O–H groups in total. The van der Waals surface area contributed by atoms with Gasteiger partial charge in [-0.05, 0) is 0 Å². The van der Waals surface area contributed by atoms with Crippen LogP contribution in [0.5, 0.6) is 0 Å². The Morgan fingerprint density at radius 2 is 2.44 bits per heavy atom. The van der Waals surface area contributed by atoms with Gasteiger partial charge in [0.2, 0.25) is 0 Å². The second kappa shape index (κ2) is 5.68. The number of cyclic esters (lactones) is 2. The normalized spacial score (nSPS) is 21.2. The van der Waals surface area contributed by atoms with E-state index < -0.39 is 37.8 Å². The maximum Gasteiger partial charge on any atom is 0.511 e. The Morgan fingerprint density at radius 1 is 1.78 bits per heavy atom. The van der Waals surface area contributed by atoms with Crippen LogP contribution in [0, 0.1) is 12.3 Å². The Bertz CT molecular complexity index is 436. The highest BCUT2D eigenvalue weighted by Gasteiger charge is 2.38. The Morgan fingerprint density at radius 3 is 2.94 bits per heavy atom. The van der Waals surface area contributed by atoms with Crippen LogP contribution in [-0.4, -0.2) is 36.5 Å². The molecule has 11 heteroatoms. The number of rotatable bonds is 4. The van der Waals surface area contributed by atoms with Crippen LogP contribution in [0.25, 0.3) is 0 Å². The van der Waals surface area contributed by atoms with Crippen LogP contribution in [0.15, 0.2) is 0 Å². The molecule has 100 valence electrons. The number of ether oxygens (including phenoxy) is 3. The minimum Gasteiger partial charge on any atom is -0.426 e. The van der Waals surface area contributed by atoms with E-state index in [4.69, 9.17) is 12.3 Å². The average molecular weight is 282 g/mol. The number of hydrogen-bond acceptors (Lipinski definition) is 8. The second-order valence-electron chi connectivity index (χ2n) is 2.77. The van der Waals surface area contributed by atoms with Gasteiger partial charge in [-0.2, -0.15) is 0 Å². The van der Waals surface area contributed by atoms with Gasteiger partial charge in [-0.1, -0.05) is 5.92 Å².